The van der Waals surface area contributed by atoms with Gasteiger partial charge in [0.25, 0.3) is 11.8 Å². The Labute approximate surface area is 195 Å². The van der Waals surface area contributed by atoms with Gasteiger partial charge in [0.15, 0.2) is 5.78 Å². The fourth-order valence-electron chi connectivity index (χ4n) is 3.28. The van der Waals surface area contributed by atoms with E-state index >= 15 is 0 Å². The number of aromatic amines is 1. The van der Waals surface area contributed by atoms with Gasteiger partial charge in [-0.2, -0.15) is 5.10 Å². The first-order valence-electron chi connectivity index (χ1n) is 10.5. The zero-order chi connectivity index (χ0) is 23.9. The van der Waals surface area contributed by atoms with Gasteiger partial charge in [-0.25, -0.2) is 4.98 Å². The summed E-state index contributed by atoms with van der Waals surface area (Å²) in [7, 11) is 0. The lowest BCUT2D eigenvalue weighted by atomic mass is 10.1. The lowest BCUT2D eigenvalue weighted by Crippen LogP contribution is -2.15. The molecule has 0 aliphatic heterocycles. The highest BCUT2D eigenvalue weighted by Gasteiger charge is 2.12. The highest BCUT2D eigenvalue weighted by Crippen LogP contribution is 2.19. The Balaban J connectivity index is 1.44. The highest BCUT2D eigenvalue weighted by molar-refractivity contribution is 6.06. The summed E-state index contributed by atoms with van der Waals surface area (Å²) >= 11 is 0. The zero-order valence-electron chi connectivity index (χ0n) is 18.1. The van der Waals surface area contributed by atoms with E-state index in [0.717, 1.165) is 5.56 Å². The van der Waals surface area contributed by atoms with Gasteiger partial charge < -0.3 is 10.6 Å². The number of anilines is 2. The van der Waals surface area contributed by atoms with Crippen molar-refractivity contribution >= 4 is 29.0 Å². The third kappa shape index (κ3) is 5.49. The smallest absolute Gasteiger partial charge is 0.274 e. The Morgan fingerprint density at radius 1 is 0.882 bits per heavy atom. The third-order valence-electron chi connectivity index (χ3n) is 4.93. The Kier molecular flexibility index (Phi) is 6.69. The van der Waals surface area contributed by atoms with Crippen LogP contribution in [0.4, 0.5) is 11.4 Å². The fourth-order valence-corrected chi connectivity index (χ4v) is 3.28. The maximum atomic E-state index is 12.7. The molecule has 2 aromatic carbocycles. The minimum Gasteiger partial charge on any atom is -0.322 e. The molecule has 0 unspecified atom stereocenters. The molecule has 8 nitrogen and oxygen atoms in total. The molecule has 2 aromatic heterocycles. The van der Waals surface area contributed by atoms with Crippen molar-refractivity contribution in [3.8, 4) is 11.4 Å². The number of carbonyl (C=O) groups is 3. The van der Waals surface area contributed by atoms with Gasteiger partial charge in [0, 0.05) is 29.6 Å². The number of allylic oxidation sites excluding steroid dienone is 1. The summed E-state index contributed by atoms with van der Waals surface area (Å²) in [5.41, 5.74) is 3.70. The highest BCUT2D eigenvalue weighted by atomic mass is 16.2. The first-order valence-corrected chi connectivity index (χ1v) is 10.5. The number of hydrogen-bond acceptors (Lipinski definition) is 5. The van der Waals surface area contributed by atoms with Crippen LogP contribution >= 0.6 is 0 Å². The summed E-state index contributed by atoms with van der Waals surface area (Å²) in [5.74, 6) is -0.833. The predicted octanol–water partition coefficient (Wildman–Crippen LogP) is 4.27. The molecule has 0 atom stereocenters. The quantitative estimate of drug-likeness (QED) is 0.346. The molecule has 0 aliphatic carbocycles. The summed E-state index contributed by atoms with van der Waals surface area (Å²) in [6.45, 7) is 3.47. The molecule has 4 rings (SSSR count). The van der Waals surface area contributed by atoms with Gasteiger partial charge >= 0.3 is 0 Å². The Hall–Kier alpha value is -4.85. The second-order valence-corrected chi connectivity index (χ2v) is 7.42. The van der Waals surface area contributed by atoms with Crippen LogP contribution in [0.2, 0.25) is 0 Å². The van der Waals surface area contributed by atoms with Crippen molar-refractivity contribution in [1.82, 2.24) is 15.2 Å². The average Bonchev–Trinajstić information content (AvgIpc) is 3.39. The molecule has 0 saturated carbocycles. The van der Waals surface area contributed by atoms with Crippen molar-refractivity contribution in [2.24, 2.45) is 0 Å². The van der Waals surface area contributed by atoms with E-state index in [4.69, 9.17) is 0 Å². The molecule has 0 fully saturated rings. The van der Waals surface area contributed by atoms with Crippen LogP contribution in [-0.4, -0.2) is 32.8 Å². The fraction of sp³-hybridized carbons (Fsp3) is 0.0385. The lowest BCUT2D eigenvalue weighted by molar-refractivity contribution is -0.114. The van der Waals surface area contributed by atoms with Crippen molar-refractivity contribution in [3.63, 3.8) is 0 Å². The number of nitrogens with one attached hydrogen (secondary N) is 3. The lowest BCUT2D eigenvalue weighted by Gasteiger charge is -2.10. The number of H-pyrrole nitrogens is 1. The van der Waals surface area contributed by atoms with E-state index in [-0.39, 0.29) is 29.7 Å². The first-order chi connectivity index (χ1) is 16.5. The zero-order valence-corrected chi connectivity index (χ0v) is 18.1. The number of carbonyl (C=O) groups excluding carboxylic acids is 3. The Bertz CT molecular complexity index is 1360. The molecule has 168 valence electrons. The minimum atomic E-state index is -0.385. The largest absolute Gasteiger partial charge is 0.322 e. The van der Waals surface area contributed by atoms with Crippen molar-refractivity contribution in [2.75, 3.05) is 10.6 Å². The Morgan fingerprint density at radius 3 is 2.35 bits per heavy atom. The number of nitrogens with zero attached hydrogens (tertiary/aromatic N) is 2. The van der Waals surface area contributed by atoms with Gasteiger partial charge in [-0.3, -0.25) is 19.5 Å². The van der Waals surface area contributed by atoms with E-state index < -0.39 is 0 Å². The van der Waals surface area contributed by atoms with Gasteiger partial charge in [0.1, 0.15) is 5.69 Å². The Morgan fingerprint density at radius 2 is 1.62 bits per heavy atom. The first kappa shape index (κ1) is 22.3. The molecule has 2 heterocycles. The normalized spacial score (nSPS) is 10.4. The van der Waals surface area contributed by atoms with Gasteiger partial charge in [0.05, 0.1) is 11.4 Å². The standard InChI is InChI=1S/C26H21N5O3/c1-2-21(32)15-17-6-3-7-18(14-17)25(33)28-19-8-4-9-20(16-19)29-26(34)24-11-5-10-22(30-24)23-12-13-27-31-23/h2-14,16H,1,15H2,(H,27,31)(H,28,33)(H,29,34). The summed E-state index contributed by atoms with van der Waals surface area (Å²) in [5, 5.41) is 12.3. The molecule has 4 aromatic rings. The van der Waals surface area contributed by atoms with Gasteiger partial charge in [-0.15, -0.1) is 0 Å². The van der Waals surface area contributed by atoms with Gasteiger partial charge in [-0.1, -0.05) is 30.8 Å². The SMILES string of the molecule is C=CC(=O)Cc1cccc(C(=O)Nc2cccc(NC(=O)c3cccc(-c4ccn[nH]4)n3)c2)c1. The van der Waals surface area contributed by atoms with Crippen LogP contribution < -0.4 is 10.6 Å². The van der Waals surface area contributed by atoms with E-state index in [9.17, 15) is 14.4 Å². The predicted molar refractivity (Wildman–Crippen MR) is 130 cm³/mol. The van der Waals surface area contributed by atoms with Crippen LogP contribution in [0.1, 0.15) is 26.4 Å². The molecule has 8 heteroatoms. The van der Waals surface area contributed by atoms with Gasteiger partial charge in [0.2, 0.25) is 0 Å². The van der Waals surface area contributed by atoms with E-state index in [2.05, 4.69) is 32.4 Å². The van der Waals surface area contributed by atoms with Crippen LogP contribution in [0, 0.1) is 0 Å². The molecular weight excluding hydrogens is 430 g/mol. The van der Waals surface area contributed by atoms with Crippen LogP contribution in [0.3, 0.4) is 0 Å². The topological polar surface area (TPSA) is 117 Å². The molecule has 2 amide bonds. The second kappa shape index (κ2) is 10.2. The van der Waals surface area contributed by atoms with E-state index in [1.165, 1.54) is 6.08 Å². The molecule has 0 radical (unpaired) electrons. The number of rotatable bonds is 8. The average molecular weight is 451 g/mol. The molecule has 0 saturated heterocycles. The number of aromatic nitrogens is 3. The van der Waals surface area contributed by atoms with Crippen LogP contribution in [0.25, 0.3) is 11.4 Å². The second-order valence-electron chi connectivity index (χ2n) is 7.42. The summed E-state index contributed by atoms with van der Waals surface area (Å²) in [4.78, 5) is 41.4. The maximum Gasteiger partial charge on any atom is 0.274 e. The third-order valence-corrected chi connectivity index (χ3v) is 4.93. The molecule has 0 spiro atoms. The minimum absolute atomic E-state index is 0.120. The molecule has 3 N–H and O–H groups in total. The molecule has 34 heavy (non-hydrogen) atoms. The molecule has 0 aliphatic rings. The number of pyridine rings is 1. The van der Waals surface area contributed by atoms with E-state index in [1.54, 1.807) is 79.0 Å². The number of hydrogen-bond donors (Lipinski definition) is 3. The van der Waals surface area contributed by atoms with Crippen molar-refractivity contribution in [3.05, 3.63) is 108 Å². The number of benzene rings is 2. The van der Waals surface area contributed by atoms with E-state index in [1.807, 2.05) is 0 Å². The van der Waals surface area contributed by atoms with Crippen LogP contribution in [0.15, 0.2) is 91.6 Å². The molecule has 0 bridgehead atoms. The monoisotopic (exact) mass is 451 g/mol. The summed E-state index contributed by atoms with van der Waals surface area (Å²) < 4.78 is 0. The van der Waals surface area contributed by atoms with Crippen LogP contribution in [0.5, 0.6) is 0 Å². The van der Waals surface area contributed by atoms with Crippen molar-refractivity contribution in [1.29, 1.82) is 0 Å². The van der Waals surface area contributed by atoms with Crippen LogP contribution in [-0.2, 0) is 11.2 Å². The maximum absolute atomic E-state index is 12.7. The number of ketones is 1. The number of amides is 2. The van der Waals surface area contributed by atoms with Crippen molar-refractivity contribution < 1.29 is 14.4 Å². The van der Waals surface area contributed by atoms with Gasteiger partial charge in [-0.05, 0) is 60.2 Å². The van der Waals surface area contributed by atoms with Crippen molar-refractivity contribution in [2.45, 2.75) is 6.42 Å². The summed E-state index contributed by atoms with van der Waals surface area (Å²) in [6, 6.07) is 20.6. The molecular formula is C26H21N5O3. The van der Waals surface area contributed by atoms with E-state index in [0.29, 0.717) is 28.3 Å². The summed E-state index contributed by atoms with van der Waals surface area (Å²) in [6.07, 6.45) is 3.05.